The molecule has 34 heavy (non-hydrogen) atoms. The minimum Gasteiger partial charge on any atom is -0.456 e. The summed E-state index contributed by atoms with van der Waals surface area (Å²) >= 11 is 0. The van der Waals surface area contributed by atoms with Gasteiger partial charge in [-0.15, -0.1) is 4.91 Å². The third-order valence-corrected chi connectivity index (χ3v) is 4.80. The lowest BCUT2D eigenvalue weighted by molar-refractivity contribution is -0.221. The Bertz CT molecular complexity index is 980. The van der Waals surface area contributed by atoms with Crippen LogP contribution in [0.1, 0.15) is 40.5 Å². The summed E-state index contributed by atoms with van der Waals surface area (Å²) in [7, 11) is 1.43. The minimum absolute atomic E-state index is 0.169. The third-order valence-electron chi connectivity index (χ3n) is 4.80. The summed E-state index contributed by atoms with van der Waals surface area (Å²) < 4.78 is 22.5. The first-order valence-corrected chi connectivity index (χ1v) is 10.7. The Labute approximate surface area is 195 Å². The molecule has 0 bridgehead atoms. The number of aromatic nitrogens is 2. The highest BCUT2D eigenvalue weighted by atomic mass is 16.6. The van der Waals surface area contributed by atoms with Crippen molar-refractivity contribution in [2.24, 2.45) is 12.2 Å². The Morgan fingerprint density at radius 1 is 1.12 bits per heavy atom. The van der Waals surface area contributed by atoms with Gasteiger partial charge in [0.2, 0.25) is 11.6 Å². The number of hydrogen-bond acceptors (Lipinski definition) is 13. The molecule has 4 atom stereocenters. The van der Waals surface area contributed by atoms with Gasteiger partial charge in [0.25, 0.3) is 5.56 Å². The van der Waals surface area contributed by atoms with Crippen LogP contribution in [-0.2, 0) is 40.4 Å². The molecule has 2 N–H and O–H groups in total. The van der Waals surface area contributed by atoms with Crippen LogP contribution in [0.15, 0.2) is 9.97 Å². The molecule has 1 fully saturated rings. The fourth-order valence-electron chi connectivity index (χ4n) is 3.31. The molecule has 14 nitrogen and oxygen atoms in total. The van der Waals surface area contributed by atoms with E-state index in [0.717, 1.165) is 38.2 Å². The van der Waals surface area contributed by atoms with Crippen LogP contribution in [0.4, 0.5) is 17.5 Å². The standard InChI is InChI=1S/C20H29N5O9/c1-6-7-8-21-20-23-17(14(24-30)19(29)25(20)5)22-18-16(34-12(4)28)15(33-11(3)27)13(9-31-18)32-10(2)26/h13,15-16,18,22H,6-9H2,1-5H3,(H,21,23)/t13-,15-,16-,18-/m1/s1. The Hall–Kier alpha value is -3.55. The van der Waals surface area contributed by atoms with Crippen molar-refractivity contribution in [2.75, 3.05) is 23.8 Å². The van der Waals surface area contributed by atoms with E-state index in [1.165, 1.54) is 7.05 Å². The lowest BCUT2D eigenvalue weighted by Crippen LogP contribution is -2.59. The quantitative estimate of drug-likeness (QED) is 0.209. The molecule has 188 valence electrons. The Kier molecular flexibility index (Phi) is 9.47. The first-order chi connectivity index (χ1) is 16.1. The van der Waals surface area contributed by atoms with Gasteiger partial charge in [0.15, 0.2) is 30.4 Å². The van der Waals surface area contributed by atoms with E-state index < -0.39 is 53.7 Å². The number of nitrogens with zero attached hydrogens (tertiary/aromatic N) is 3. The second-order valence-corrected chi connectivity index (χ2v) is 7.56. The van der Waals surface area contributed by atoms with Crippen molar-refractivity contribution in [3.05, 3.63) is 15.3 Å². The van der Waals surface area contributed by atoms with E-state index in [2.05, 4.69) is 20.8 Å². The van der Waals surface area contributed by atoms with E-state index >= 15 is 0 Å². The predicted molar refractivity (Wildman–Crippen MR) is 118 cm³/mol. The molecule has 1 aromatic rings. The van der Waals surface area contributed by atoms with Gasteiger partial charge in [-0.2, -0.15) is 4.98 Å². The lowest BCUT2D eigenvalue weighted by Gasteiger charge is -2.40. The van der Waals surface area contributed by atoms with Crippen LogP contribution >= 0.6 is 0 Å². The van der Waals surface area contributed by atoms with Crippen LogP contribution in [0.2, 0.25) is 0 Å². The summed E-state index contributed by atoms with van der Waals surface area (Å²) in [5.74, 6) is -2.19. The molecular weight excluding hydrogens is 454 g/mol. The van der Waals surface area contributed by atoms with Gasteiger partial charge < -0.3 is 29.6 Å². The average molecular weight is 483 g/mol. The van der Waals surface area contributed by atoms with Crippen molar-refractivity contribution in [3.63, 3.8) is 0 Å². The number of hydrogen-bond donors (Lipinski definition) is 2. The molecule has 0 aromatic carbocycles. The van der Waals surface area contributed by atoms with Crippen LogP contribution in [0, 0.1) is 4.91 Å². The van der Waals surface area contributed by atoms with Crippen molar-refractivity contribution >= 4 is 35.4 Å². The molecule has 0 saturated carbocycles. The van der Waals surface area contributed by atoms with Gasteiger partial charge in [-0.25, -0.2) is 0 Å². The number of carbonyl (C=O) groups excluding carboxylic acids is 3. The molecule has 0 radical (unpaired) electrons. The van der Waals surface area contributed by atoms with Crippen molar-refractivity contribution in [2.45, 2.75) is 65.1 Å². The Morgan fingerprint density at radius 2 is 1.74 bits per heavy atom. The molecule has 0 spiro atoms. The number of rotatable bonds is 10. The number of unbranched alkanes of at least 4 members (excludes halogenated alkanes) is 1. The molecule has 0 aliphatic carbocycles. The van der Waals surface area contributed by atoms with Gasteiger partial charge in [-0.05, 0) is 11.6 Å². The SMILES string of the molecule is CCCCNc1nc(N[C@@H]2OC[C@@H](OC(C)=O)[C@@H](OC(C)=O)[C@H]2OC(C)=O)c(N=O)c(=O)n1C. The largest absolute Gasteiger partial charge is 0.456 e. The maximum atomic E-state index is 12.7. The van der Waals surface area contributed by atoms with E-state index in [-0.39, 0.29) is 18.4 Å². The molecule has 14 heteroatoms. The van der Waals surface area contributed by atoms with Crippen molar-refractivity contribution < 1.29 is 33.3 Å². The highest BCUT2D eigenvalue weighted by Crippen LogP contribution is 2.28. The molecule has 1 aliphatic rings. The molecule has 1 saturated heterocycles. The number of anilines is 2. The summed E-state index contributed by atoms with van der Waals surface area (Å²) in [6.07, 6.45) is -3.15. The van der Waals surface area contributed by atoms with Crippen LogP contribution in [0.3, 0.4) is 0 Å². The monoisotopic (exact) mass is 483 g/mol. The predicted octanol–water partition coefficient (Wildman–Crippen LogP) is 0.953. The highest BCUT2D eigenvalue weighted by Gasteiger charge is 2.47. The first-order valence-electron chi connectivity index (χ1n) is 10.7. The number of carbonyl (C=O) groups is 3. The molecule has 2 heterocycles. The summed E-state index contributed by atoms with van der Waals surface area (Å²) in [5, 5.41) is 8.54. The maximum absolute atomic E-state index is 12.7. The van der Waals surface area contributed by atoms with Crippen LogP contribution in [0.25, 0.3) is 0 Å². The number of nitroso groups, excluding NO2 is 1. The summed E-state index contributed by atoms with van der Waals surface area (Å²) in [6, 6.07) is 0. The van der Waals surface area contributed by atoms with Crippen LogP contribution < -0.4 is 16.2 Å². The van der Waals surface area contributed by atoms with Crippen LogP contribution in [-0.4, -0.2) is 65.2 Å². The Morgan fingerprint density at radius 3 is 2.29 bits per heavy atom. The smallest absolute Gasteiger partial charge is 0.303 e. The van der Waals surface area contributed by atoms with E-state index in [4.69, 9.17) is 18.9 Å². The van der Waals surface area contributed by atoms with Crippen molar-refractivity contribution in [3.8, 4) is 0 Å². The molecule has 2 rings (SSSR count). The van der Waals surface area contributed by atoms with Gasteiger partial charge in [0, 0.05) is 34.4 Å². The minimum atomic E-state index is -1.32. The van der Waals surface area contributed by atoms with Crippen molar-refractivity contribution in [1.82, 2.24) is 9.55 Å². The van der Waals surface area contributed by atoms with E-state index in [0.29, 0.717) is 6.54 Å². The zero-order chi connectivity index (χ0) is 25.4. The second kappa shape index (κ2) is 12.1. The van der Waals surface area contributed by atoms with E-state index in [9.17, 15) is 24.1 Å². The third kappa shape index (κ3) is 6.73. The number of nitrogens with one attached hydrogen (secondary N) is 2. The number of esters is 3. The second-order valence-electron chi connectivity index (χ2n) is 7.56. The topological polar surface area (TPSA) is 177 Å². The molecule has 0 unspecified atom stereocenters. The molecular formula is C20H29N5O9. The highest BCUT2D eigenvalue weighted by molar-refractivity contribution is 5.69. The van der Waals surface area contributed by atoms with E-state index in [1.807, 2.05) is 6.92 Å². The lowest BCUT2D eigenvalue weighted by atomic mass is 10.0. The Balaban J connectivity index is 2.45. The van der Waals surface area contributed by atoms with Crippen molar-refractivity contribution in [1.29, 1.82) is 0 Å². The van der Waals surface area contributed by atoms with Crippen LogP contribution in [0.5, 0.6) is 0 Å². The fourth-order valence-corrected chi connectivity index (χ4v) is 3.31. The van der Waals surface area contributed by atoms with Gasteiger partial charge in [-0.3, -0.25) is 23.7 Å². The summed E-state index contributed by atoms with van der Waals surface area (Å²) in [4.78, 5) is 63.4. The van der Waals surface area contributed by atoms with Gasteiger partial charge >= 0.3 is 17.9 Å². The maximum Gasteiger partial charge on any atom is 0.303 e. The summed E-state index contributed by atoms with van der Waals surface area (Å²) in [6.45, 7) is 5.70. The first kappa shape index (κ1) is 26.7. The number of ether oxygens (including phenoxy) is 4. The zero-order valence-corrected chi connectivity index (χ0v) is 19.7. The van der Waals surface area contributed by atoms with E-state index in [1.54, 1.807) is 0 Å². The molecule has 1 aromatic heterocycles. The molecule has 1 aliphatic heterocycles. The fraction of sp³-hybridized carbons (Fsp3) is 0.650. The van der Waals surface area contributed by atoms with Gasteiger partial charge in [0.1, 0.15) is 0 Å². The molecule has 0 amide bonds. The average Bonchev–Trinajstić information content (AvgIpc) is 2.75. The summed E-state index contributed by atoms with van der Waals surface area (Å²) in [5.41, 5.74) is -1.25. The van der Waals surface area contributed by atoms with Gasteiger partial charge in [-0.1, -0.05) is 13.3 Å². The zero-order valence-electron chi connectivity index (χ0n) is 19.7. The normalized spacial score (nSPS) is 21.8. The van der Waals surface area contributed by atoms with Gasteiger partial charge in [0.05, 0.1) is 6.61 Å².